The van der Waals surface area contributed by atoms with Gasteiger partial charge in [-0.3, -0.25) is 9.59 Å². The van der Waals surface area contributed by atoms with Crippen molar-refractivity contribution >= 4 is 17.6 Å². The molecule has 2 aliphatic carbocycles. The first-order chi connectivity index (χ1) is 10.9. The Morgan fingerprint density at radius 2 is 1.61 bits per heavy atom. The molecule has 4 atom stereocenters. The molecule has 0 radical (unpaired) electrons. The molecular weight excluding hydrogens is 297 g/mol. The number of amides is 1. The number of nitrogens with one attached hydrogen (secondary N) is 1. The highest BCUT2D eigenvalue weighted by Gasteiger charge is 2.54. The summed E-state index contributed by atoms with van der Waals surface area (Å²) >= 11 is 0. The number of anilines is 1. The molecule has 2 bridgehead atoms. The third kappa shape index (κ3) is 2.56. The predicted molar refractivity (Wildman–Crippen MR) is 84.1 cm³/mol. The molecule has 0 heterocycles. The van der Waals surface area contributed by atoms with Crippen molar-refractivity contribution in [3.8, 4) is 0 Å². The molecule has 4 nitrogen and oxygen atoms in total. The highest BCUT2D eigenvalue weighted by molar-refractivity contribution is 5.97. The molecule has 1 aromatic carbocycles. The fraction of sp³-hybridized carbons (Fsp3) is 0.333. The lowest BCUT2D eigenvalue weighted by molar-refractivity contribution is -0.146. The summed E-state index contributed by atoms with van der Waals surface area (Å²) in [5, 5.41) is 12.3. The van der Waals surface area contributed by atoms with Crippen LogP contribution in [0.2, 0.25) is 0 Å². The van der Waals surface area contributed by atoms with Crippen LogP contribution in [0.3, 0.4) is 0 Å². The zero-order valence-electron chi connectivity index (χ0n) is 12.9. The van der Waals surface area contributed by atoms with E-state index in [1.165, 1.54) is 24.3 Å². The minimum absolute atomic E-state index is 0.174. The molecule has 23 heavy (non-hydrogen) atoms. The Morgan fingerprint density at radius 3 is 2.13 bits per heavy atom. The molecule has 1 amide bonds. The number of rotatable bonds is 3. The first kappa shape index (κ1) is 15.5. The van der Waals surface area contributed by atoms with Gasteiger partial charge < -0.3 is 10.4 Å². The van der Waals surface area contributed by atoms with Gasteiger partial charge in [0.1, 0.15) is 5.82 Å². The van der Waals surface area contributed by atoms with Crippen LogP contribution in [0.1, 0.15) is 13.8 Å². The van der Waals surface area contributed by atoms with Gasteiger partial charge in [-0.05, 0) is 38.1 Å². The molecule has 4 unspecified atom stereocenters. The fourth-order valence-electron chi connectivity index (χ4n) is 3.80. The van der Waals surface area contributed by atoms with Gasteiger partial charge in [0.25, 0.3) is 0 Å². The lowest BCUT2D eigenvalue weighted by Crippen LogP contribution is -2.36. The molecule has 1 aromatic rings. The second-order valence-corrected chi connectivity index (χ2v) is 6.28. The summed E-state index contributed by atoms with van der Waals surface area (Å²) in [5.74, 6) is -3.47. The summed E-state index contributed by atoms with van der Waals surface area (Å²) in [6.07, 6.45) is 3.83. The van der Waals surface area contributed by atoms with Crippen LogP contribution in [0.5, 0.6) is 0 Å². The number of fused-ring (bicyclic) bond motifs is 2. The number of carbonyl (C=O) groups excluding carboxylic acids is 1. The molecule has 3 rings (SSSR count). The Labute approximate surface area is 133 Å². The maximum Gasteiger partial charge on any atom is 0.308 e. The Balaban J connectivity index is 1.89. The highest BCUT2D eigenvalue weighted by atomic mass is 19.1. The summed E-state index contributed by atoms with van der Waals surface area (Å²) in [7, 11) is 0. The normalized spacial score (nSPS) is 28.0. The lowest BCUT2D eigenvalue weighted by atomic mass is 9.82. The lowest BCUT2D eigenvalue weighted by Gasteiger charge is -2.23. The standard InChI is InChI=1S/C18H18FNO3/c1-9(2)14-12-7-8-13(14)16(18(22)23)15(12)17(21)20-11-5-3-10(19)4-6-11/h3-8,12-13,15-16H,1-2H3,(H,20,21)(H,22,23). The van der Waals surface area contributed by atoms with E-state index >= 15 is 0 Å². The molecule has 0 saturated heterocycles. The van der Waals surface area contributed by atoms with Crippen molar-refractivity contribution in [1.29, 1.82) is 0 Å². The summed E-state index contributed by atoms with van der Waals surface area (Å²) < 4.78 is 12.9. The smallest absolute Gasteiger partial charge is 0.308 e. The summed E-state index contributed by atoms with van der Waals surface area (Å²) in [4.78, 5) is 24.3. The van der Waals surface area contributed by atoms with Gasteiger partial charge >= 0.3 is 5.97 Å². The van der Waals surface area contributed by atoms with E-state index in [1.54, 1.807) is 0 Å². The molecule has 0 spiro atoms. The van der Waals surface area contributed by atoms with E-state index in [4.69, 9.17) is 0 Å². The van der Waals surface area contributed by atoms with Gasteiger partial charge in [-0.25, -0.2) is 4.39 Å². The molecule has 0 aliphatic heterocycles. The number of carboxylic acids is 1. The summed E-state index contributed by atoms with van der Waals surface area (Å²) in [6.45, 7) is 3.89. The number of hydrogen-bond donors (Lipinski definition) is 2. The van der Waals surface area contributed by atoms with Crippen molar-refractivity contribution in [3.05, 3.63) is 53.4 Å². The van der Waals surface area contributed by atoms with Crippen molar-refractivity contribution < 1.29 is 19.1 Å². The van der Waals surface area contributed by atoms with Crippen molar-refractivity contribution in [1.82, 2.24) is 0 Å². The number of carboxylic acid groups (broad SMARTS) is 1. The molecule has 120 valence electrons. The topological polar surface area (TPSA) is 66.4 Å². The molecule has 5 heteroatoms. The quantitative estimate of drug-likeness (QED) is 0.842. The van der Waals surface area contributed by atoms with Gasteiger partial charge in [-0.1, -0.05) is 23.3 Å². The van der Waals surface area contributed by atoms with Crippen LogP contribution in [0, 0.1) is 29.5 Å². The Morgan fingerprint density at radius 1 is 1.04 bits per heavy atom. The van der Waals surface area contributed by atoms with E-state index in [0.717, 1.165) is 11.1 Å². The van der Waals surface area contributed by atoms with E-state index in [-0.39, 0.29) is 23.6 Å². The van der Waals surface area contributed by atoms with Gasteiger partial charge in [-0.2, -0.15) is 0 Å². The molecular formula is C18H18FNO3. The average Bonchev–Trinajstić information content (AvgIpc) is 3.05. The van der Waals surface area contributed by atoms with Gasteiger partial charge in [0, 0.05) is 17.5 Å². The van der Waals surface area contributed by atoms with Gasteiger partial charge in [0.05, 0.1) is 11.8 Å². The summed E-state index contributed by atoms with van der Waals surface area (Å²) in [6, 6.07) is 5.45. The Kier molecular flexibility index (Phi) is 3.80. The molecule has 1 fully saturated rings. The maximum atomic E-state index is 12.9. The van der Waals surface area contributed by atoms with Gasteiger partial charge in [0.2, 0.25) is 5.91 Å². The Hall–Kier alpha value is -2.43. The van der Waals surface area contributed by atoms with E-state index in [9.17, 15) is 19.1 Å². The number of allylic oxidation sites excluding steroid dienone is 4. The van der Waals surface area contributed by atoms with Crippen molar-refractivity contribution in [2.75, 3.05) is 5.32 Å². The van der Waals surface area contributed by atoms with Gasteiger partial charge in [0.15, 0.2) is 0 Å². The fourth-order valence-corrected chi connectivity index (χ4v) is 3.80. The number of benzene rings is 1. The first-order valence-corrected chi connectivity index (χ1v) is 7.55. The largest absolute Gasteiger partial charge is 0.481 e. The Bertz CT molecular complexity index is 716. The van der Waals surface area contributed by atoms with Crippen molar-refractivity contribution in [2.45, 2.75) is 13.8 Å². The van der Waals surface area contributed by atoms with Crippen LogP contribution in [0.15, 0.2) is 47.6 Å². The van der Waals surface area contributed by atoms with Crippen LogP contribution in [-0.4, -0.2) is 17.0 Å². The minimum Gasteiger partial charge on any atom is -0.481 e. The zero-order chi connectivity index (χ0) is 16.7. The maximum absolute atomic E-state index is 12.9. The van der Waals surface area contributed by atoms with E-state index < -0.39 is 17.8 Å². The molecule has 1 saturated carbocycles. The van der Waals surface area contributed by atoms with E-state index in [0.29, 0.717) is 5.69 Å². The average molecular weight is 315 g/mol. The third-order valence-electron chi connectivity index (χ3n) is 4.68. The minimum atomic E-state index is -0.958. The molecule has 0 aromatic heterocycles. The molecule has 2 aliphatic rings. The van der Waals surface area contributed by atoms with E-state index in [2.05, 4.69) is 5.32 Å². The van der Waals surface area contributed by atoms with Gasteiger partial charge in [-0.15, -0.1) is 0 Å². The van der Waals surface area contributed by atoms with Crippen LogP contribution in [0.25, 0.3) is 0 Å². The number of hydrogen-bond acceptors (Lipinski definition) is 2. The highest BCUT2D eigenvalue weighted by Crippen LogP contribution is 2.53. The van der Waals surface area contributed by atoms with Crippen LogP contribution >= 0.6 is 0 Å². The second-order valence-electron chi connectivity index (χ2n) is 6.28. The number of halogens is 1. The number of carbonyl (C=O) groups is 2. The van der Waals surface area contributed by atoms with Crippen molar-refractivity contribution in [2.24, 2.45) is 23.7 Å². The molecule has 2 N–H and O–H groups in total. The second kappa shape index (κ2) is 5.65. The van der Waals surface area contributed by atoms with Crippen LogP contribution in [-0.2, 0) is 9.59 Å². The van der Waals surface area contributed by atoms with Crippen LogP contribution in [0.4, 0.5) is 10.1 Å². The van der Waals surface area contributed by atoms with Crippen molar-refractivity contribution in [3.63, 3.8) is 0 Å². The third-order valence-corrected chi connectivity index (χ3v) is 4.68. The first-order valence-electron chi connectivity index (χ1n) is 7.55. The van der Waals surface area contributed by atoms with E-state index in [1.807, 2.05) is 26.0 Å². The summed E-state index contributed by atoms with van der Waals surface area (Å²) in [5.41, 5.74) is 2.57. The zero-order valence-corrected chi connectivity index (χ0v) is 12.9. The van der Waals surface area contributed by atoms with Crippen LogP contribution < -0.4 is 5.32 Å². The SMILES string of the molecule is CC(C)=C1C2C=CC1C(C(=O)Nc1ccc(F)cc1)C2C(=O)O. The number of aliphatic carboxylic acids is 1. The monoisotopic (exact) mass is 315 g/mol. The predicted octanol–water partition coefficient (Wildman–Crippen LogP) is 3.23.